The number of nitrogens with zero attached hydrogens (tertiary/aromatic N) is 3. The van der Waals surface area contributed by atoms with Crippen molar-refractivity contribution in [2.45, 2.75) is 57.3 Å². The molecule has 1 spiro atoms. The fraction of sp³-hybridized carbons (Fsp3) is 0.750. The van der Waals surface area contributed by atoms with Gasteiger partial charge in [0.05, 0.1) is 29.5 Å². The molecule has 11 heteroatoms. The molecule has 1 aromatic heterocycles. The highest BCUT2D eigenvalue weighted by Gasteiger charge is 2.43. The number of thiazole rings is 1. The summed E-state index contributed by atoms with van der Waals surface area (Å²) in [5.74, 6) is -2.10. The highest BCUT2D eigenvalue weighted by atomic mass is 32.1. The zero-order chi connectivity index (χ0) is 22.6. The van der Waals surface area contributed by atoms with Crippen molar-refractivity contribution >= 4 is 23.2 Å². The number of likely N-dealkylation sites (tertiary alicyclic amines) is 1. The molecule has 4 rings (SSSR count). The van der Waals surface area contributed by atoms with Gasteiger partial charge in [0.1, 0.15) is 0 Å². The maximum Gasteiger partial charge on any atom is 0.490 e. The molecule has 2 saturated heterocycles. The van der Waals surface area contributed by atoms with Crippen molar-refractivity contribution in [1.82, 2.24) is 14.8 Å². The molecule has 1 atom stereocenters. The number of ether oxygens (including phenoxy) is 1. The summed E-state index contributed by atoms with van der Waals surface area (Å²) in [5, 5.41) is 10.4. The molecule has 0 aromatic carbocycles. The first-order valence-corrected chi connectivity index (χ1v) is 11.3. The summed E-state index contributed by atoms with van der Waals surface area (Å²) in [6, 6.07) is 0. The van der Waals surface area contributed by atoms with E-state index in [0.29, 0.717) is 12.5 Å². The van der Waals surface area contributed by atoms with Crippen LogP contribution in [0.25, 0.3) is 0 Å². The van der Waals surface area contributed by atoms with E-state index in [1.54, 1.807) is 11.3 Å². The van der Waals surface area contributed by atoms with E-state index in [0.717, 1.165) is 69.1 Å². The summed E-state index contributed by atoms with van der Waals surface area (Å²) in [4.78, 5) is 30.7. The molecule has 3 heterocycles. The molecule has 1 unspecified atom stereocenters. The van der Waals surface area contributed by atoms with Crippen molar-refractivity contribution in [2.24, 2.45) is 5.92 Å². The first-order valence-electron chi connectivity index (χ1n) is 10.4. The number of halogens is 3. The Labute approximate surface area is 183 Å². The summed E-state index contributed by atoms with van der Waals surface area (Å²) in [6.07, 6.45) is 0.492. The Morgan fingerprint density at radius 2 is 2.00 bits per heavy atom. The Bertz CT molecular complexity index is 780. The topological polar surface area (TPSA) is 83.0 Å². The minimum Gasteiger partial charge on any atom is -0.475 e. The van der Waals surface area contributed by atoms with Gasteiger partial charge in [-0.1, -0.05) is 6.42 Å². The van der Waals surface area contributed by atoms with Crippen LogP contribution in [0.2, 0.25) is 0 Å². The average Bonchev–Trinajstić information content (AvgIpc) is 3.05. The zero-order valence-corrected chi connectivity index (χ0v) is 18.3. The molecule has 1 N–H and O–H groups in total. The van der Waals surface area contributed by atoms with Crippen LogP contribution in [0.1, 0.15) is 42.8 Å². The van der Waals surface area contributed by atoms with Crippen molar-refractivity contribution < 1.29 is 32.6 Å². The lowest BCUT2D eigenvalue weighted by Crippen LogP contribution is -2.61. The quantitative estimate of drug-likeness (QED) is 0.742. The lowest BCUT2D eigenvalue weighted by Gasteiger charge is -2.49. The van der Waals surface area contributed by atoms with Crippen molar-refractivity contribution in [2.75, 3.05) is 32.8 Å². The number of hydrogen-bond acceptors (Lipinski definition) is 6. The van der Waals surface area contributed by atoms with E-state index in [2.05, 4.69) is 27.1 Å². The van der Waals surface area contributed by atoms with Gasteiger partial charge in [-0.15, -0.1) is 11.3 Å². The number of morpholine rings is 1. The molecule has 31 heavy (non-hydrogen) atoms. The van der Waals surface area contributed by atoms with E-state index in [4.69, 9.17) is 14.6 Å². The smallest absolute Gasteiger partial charge is 0.475 e. The van der Waals surface area contributed by atoms with Crippen LogP contribution < -0.4 is 0 Å². The third-order valence-corrected chi connectivity index (χ3v) is 6.75. The highest BCUT2D eigenvalue weighted by Crippen LogP contribution is 2.33. The zero-order valence-electron chi connectivity index (χ0n) is 17.5. The van der Waals surface area contributed by atoms with Gasteiger partial charge in [0, 0.05) is 30.9 Å². The number of rotatable bonds is 3. The minimum atomic E-state index is -5.08. The van der Waals surface area contributed by atoms with Gasteiger partial charge in [-0.05, 0) is 39.2 Å². The van der Waals surface area contributed by atoms with Crippen LogP contribution in [0.15, 0.2) is 5.38 Å². The largest absolute Gasteiger partial charge is 0.490 e. The molecule has 7 nitrogen and oxygen atoms in total. The maximum absolute atomic E-state index is 12.6. The molecule has 1 aliphatic carbocycles. The third kappa shape index (κ3) is 6.39. The standard InChI is InChI=1S/C18H27N3O2S.C2HF3O2/c1-14-19-16(11-24-14)10-20-7-3-6-18(12-20)13-21(8-9-23-18)17(22)15-4-2-5-15;3-2(4,5)1(6)7/h11,15H,2-10,12-13H2,1H3;(H,6,7). The lowest BCUT2D eigenvalue weighted by molar-refractivity contribution is -0.192. The Morgan fingerprint density at radius 3 is 2.55 bits per heavy atom. The summed E-state index contributed by atoms with van der Waals surface area (Å²) in [7, 11) is 0. The summed E-state index contributed by atoms with van der Waals surface area (Å²) < 4.78 is 38.0. The molecule has 1 amide bonds. The number of piperidine rings is 1. The number of carboxylic acids is 1. The number of carbonyl (C=O) groups is 2. The summed E-state index contributed by atoms with van der Waals surface area (Å²) in [5.41, 5.74) is 0.994. The monoisotopic (exact) mass is 463 g/mol. The van der Waals surface area contributed by atoms with Crippen LogP contribution in [0.5, 0.6) is 0 Å². The van der Waals surface area contributed by atoms with Crippen LogP contribution in [0.3, 0.4) is 0 Å². The molecule has 0 radical (unpaired) electrons. The molecule has 1 aromatic rings. The van der Waals surface area contributed by atoms with Gasteiger partial charge >= 0.3 is 12.1 Å². The molecule has 2 aliphatic heterocycles. The number of aliphatic carboxylic acids is 1. The number of aryl methyl sites for hydroxylation is 1. The molecule has 3 aliphatic rings. The minimum absolute atomic E-state index is 0.166. The fourth-order valence-electron chi connectivity index (χ4n) is 4.23. The van der Waals surface area contributed by atoms with Gasteiger partial charge in [0.2, 0.25) is 5.91 Å². The Balaban J connectivity index is 0.000000339. The molecule has 3 fully saturated rings. The second kappa shape index (κ2) is 9.83. The first-order chi connectivity index (χ1) is 14.6. The van der Waals surface area contributed by atoms with Crippen LogP contribution in [0, 0.1) is 12.8 Å². The van der Waals surface area contributed by atoms with Gasteiger partial charge in [-0.25, -0.2) is 9.78 Å². The first kappa shape index (κ1) is 23.9. The summed E-state index contributed by atoms with van der Waals surface area (Å²) >= 11 is 1.71. The Hall–Kier alpha value is -1.72. The number of carboxylic acid groups (broad SMARTS) is 1. The van der Waals surface area contributed by atoms with Crippen molar-refractivity contribution in [3.05, 3.63) is 16.1 Å². The molecular formula is C20H28F3N3O4S. The predicted molar refractivity (Wildman–Crippen MR) is 108 cm³/mol. The summed E-state index contributed by atoms with van der Waals surface area (Å²) in [6.45, 7) is 7.18. The van der Waals surface area contributed by atoms with Crippen molar-refractivity contribution in [1.29, 1.82) is 0 Å². The fourth-order valence-corrected chi connectivity index (χ4v) is 4.83. The van der Waals surface area contributed by atoms with Crippen LogP contribution in [-0.2, 0) is 20.9 Å². The number of alkyl halides is 3. The van der Waals surface area contributed by atoms with E-state index in [1.807, 2.05) is 0 Å². The van der Waals surface area contributed by atoms with Crippen LogP contribution in [0.4, 0.5) is 13.2 Å². The van der Waals surface area contributed by atoms with Crippen molar-refractivity contribution in [3.63, 3.8) is 0 Å². The SMILES string of the molecule is Cc1nc(CN2CCCC3(C2)CN(C(=O)C2CCC2)CCO3)cs1.O=C(O)C(F)(F)F. The predicted octanol–water partition coefficient (Wildman–Crippen LogP) is 3.08. The molecule has 0 bridgehead atoms. The van der Waals surface area contributed by atoms with Gasteiger partial charge in [-0.3, -0.25) is 9.69 Å². The lowest BCUT2D eigenvalue weighted by atomic mass is 9.83. The maximum atomic E-state index is 12.6. The van der Waals surface area contributed by atoms with E-state index in [1.165, 1.54) is 6.42 Å². The van der Waals surface area contributed by atoms with E-state index in [-0.39, 0.29) is 11.5 Å². The van der Waals surface area contributed by atoms with Crippen LogP contribution in [-0.4, -0.2) is 76.3 Å². The Morgan fingerprint density at radius 1 is 1.29 bits per heavy atom. The average molecular weight is 464 g/mol. The van der Waals surface area contributed by atoms with Gasteiger partial charge in [-0.2, -0.15) is 13.2 Å². The molecular weight excluding hydrogens is 435 g/mol. The second-order valence-electron chi connectivity index (χ2n) is 8.39. The van der Waals surface area contributed by atoms with Gasteiger partial charge in [0.25, 0.3) is 0 Å². The number of amides is 1. The van der Waals surface area contributed by atoms with Gasteiger partial charge < -0.3 is 14.7 Å². The van der Waals surface area contributed by atoms with Crippen molar-refractivity contribution in [3.8, 4) is 0 Å². The third-order valence-electron chi connectivity index (χ3n) is 5.93. The number of hydrogen-bond donors (Lipinski definition) is 1. The van der Waals surface area contributed by atoms with E-state index in [9.17, 15) is 18.0 Å². The van der Waals surface area contributed by atoms with Gasteiger partial charge in [0.15, 0.2) is 0 Å². The Kier molecular flexibility index (Phi) is 7.59. The molecule has 1 saturated carbocycles. The van der Waals surface area contributed by atoms with E-state index < -0.39 is 12.1 Å². The van der Waals surface area contributed by atoms with E-state index >= 15 is 0 Å². The number of carbonyl (C=O) groups excluding carboxylic acids is 1. The van der Waals surface area contributed by atoms with Crippen LogP contribution >= 0.6 is 11.3 Å². The second-order valence-corrected chi connectivity index (χ2v) is 9.46. The highest BCUT2D eigenvalue weighted by molar-refractivity contribution is 7.09. The molecule has 174 valence electrons. The normalized spacial score (nSPS) is 25.0. The number of aromatic nitrogens is 1.